The van der Waals surface area contributed by atoms with Crippen molar-refractivity contribution in [3.8, 4) is 5.75 Å². The lowest BCUT2D eigenvalue weighted by Crippen LogP contribution is -2.16. The number of nitrogen functional groups attached to an aromatic ring is 1. The van der Waals surface area contributed by atoms with Crippen LogP contribution in [-0.2, 0) is 6.54 Å². The standard InChI is InChI=1S/C14H17N5O/c1-16-5-6-19-14-11(13(15)18-19)8-9-7-10(20-2)3-4-12(9)17-14/h3-4,7-8,16H,5-6H2,1-2H3,(H2,15,18). The molecule has 3 rings (SSSR count). The maximum Gasteiger partial charge on any atom is 0.160 e. The van der Waals surface area contributed by atoms with Crippen LogP contribution in [0.25, 0.3) is 21.9 Å². The molecule has 0 spiro atoms. The first kappa shape index (κ1) is 12.7. The van der Waals surface area contributed by atoms with Crippen LogP contribution in [0.3, 0.4) is 0 Å². The van der Waals surface area contributed by atoms with E-state index in [-0.39, 0.29) is 0 Å². The number of rotatable bonds is 4. The summed E-state index contributed by atoms with van der Waals surface area (Å²) in [5, 5.41) is 9.32. The maximum absolute atomic E-state index is 5.99. The van der Waals surface area contributed by atoms with Crippen LogP contribution >= 0.6 is 0 Å². The molecule has 0 atom stereocenters. The molecule has 2 heterocycles. The van der Waals surface area contributed by atoms with Crippen molar-refractivity contribution in [3.05, 3.63) is 24.3 Å². The number of benzene rings is 1. The number of aromatic nitrogens is 3. The van der Waals surface area contributed by atoms with E-state index in [1.54, 1.807) is 7.11 Å². The van der Waals surface area contributed by atoms with E-state index in [0.29, 0.717) is 5.82 Å². The third kappa shape index (κ3) is 2.04. The van der Waals surface area contributed by atoms with Gasteiger partial charge in [-0.15, -0.1) is 0 Å². The van der Waals surface area contributed by atoms with E-state index in [4.69, 9.17) is 10.5 Å². The number of anilines is 1. The number of methoxy groups -OCH3 is 1. The number of fused-ring (bicyclic) bond motifs is 2. The molecule has 0 bridgehead atoms. The van der Waals surface area contributed by atoms with Crippen molar-refractivity contribution < 1.29 is 4.74 Å². The van der Waals surface area contributed by atoms with Gasteiger partial charge in [-0.05, 0) is 31.3 Å². The molecule has 6 nitrogen and oxygen atoms in total. The lowest BCUT2D eigenvalue weighted by atomic mass is 10.2. The minimum atomic E-state index is 0.508. The first-order valence-electron chi connectivity index (χ1n) is 6.48. The predicted molar refractivity (Wildman–Crippen MR) is 79.9 cm³/mol. The normalized spacial score (nSPS) is 11.3. The summed E-state index contributed by atoms with van der Waals surface area (Å²) < 4.78 is 7.07. The van der Waals surface area contributed by atoms with Crippen molar-refractivity contribution in [2.24, 2.45) is 0 Å². The summed E-state index contributed by atoms with van der Waals surface area (Å²) in [6, 6.07) is 7.81. The maximum atomic E-state index is 5.99. The highest BCUT2D eigenvalue weighted by Crippen LogP contribution is 2.26. The molecule has 1 aromatic carbocycles. The van der Waals surface area contributed by atoms with Gasteiger partial charge < -0.3 is 15.8 Å². The second-order valence-electron chi connectivity index (χ2n) is 4.63. The Morgan fingerprint density at radius 1 is 1.35 bits per heavy atom. The number of nitrogens with two attached hydrogens (primary N) is 1. The van der Waals surface area contributed by atoms with E-state index in [1.807, 2.05) is 36.0 Å². The van der Waals surface area contributed by atoms with E-state index in [0.717, 1.165) is 40.8 Å². The molecule has 0 saturated heterocycles. The average Bonchev–Trinajstić information content (AvgIpc) is 2.78. The molecule has 3 aromatic rings. The van der Waals surface area contributed by atoms with Gasteiger partial charge in [0.2, 0.25) is 0 Å². The van der Waals surface area contributed by atoms with Crippen LogP contribution in [0, 0.1) is 0 Å². The lowest BCUT2D eigenvalue weighted by molar-refractivity contribution is 0.415. The van der Waals surface area contributed by atoms with Gasteiger partial charge in [-0.25, -0.2) is 9.67 Å². The van der Waals surface area contributed by atoms with Crippen molar-refractivity contribution >= 4 is 27.8 Å². The van der Waals surface area contributed by atoms with Gasteiger partial charge in [-0.3, -0.25) is 0 Å². The minimum Gasteiger partial charge on any atom is -0.497 e. The minimum absolute atomic E-state index is 0.508. The fourth-order valence-corrected chi connectivity index (χ4v) is 2.26. The van der Waals surface area contributed by atoms with Crippen LogP contribution in [0.5, 0.6) is 5.75 Å². The molecule has 0 fully saturated rings. The monoisotopic (exact) mass is 271 g/mol. The van der Waals surface area contributed by atoms with E-state index in [2.05, 4.69) is 15.4 Å². The summed E-state index contributed by atoms with van der Waals surface area (Å²) in [5.74, 6) is 1.31. The Labute approximate surface area is 116 Å². The Bertz CT molecular complexity index is 765. The van der Waals surface area contributed by atoms with Crippen LogP contribution < -0.4 is 15.8 Å². The molecule has 2 aromatic heterocycles. The molecule has 0 saturated carbocycles. The summed E-state index contributed by atoms with van der Waals surface area (Å²) in [4.78, 5) is 4.66. The molecule has 6 heteroatoms. The molecule has 3 N–H and O–H groups in total. The molecule has 20 heavy (non-hydrogen) atoms. The Morgan fingerprint density at radius 3 is 2.95 bits per heavy atom. The van der Waals surface area contributed by atoms with Gasteiger partial charge in [0.05, 0.1) is 24.6 Å². The molecule has 0 unspecified atom stereocenters. The summed E-state index contributed by atoms with van der Waals surface area (Å²) >= 11 is 0. The zero-order valence-electron chi connectivity index (χ0n) is 11.6. The number of nitrogens with zero attached hydrogens (tertiary/aromatic N) is 3. The number of nitrogens with one attached hydrogen (secondary N) is 1. The highest BCUT2D eigenvalue weighted by atomic mass is 16.5. The Kier molecular flexibility index (Phi) is 3.15. The third-order valence-corrected chi connectivity index (χ3v) is 3.32. The first-order chi connectivity index (χ1) is 9.72. The number of ether oxygens (including phenoxy) is 1. The van der Waals surface area contributed by atoms with E-state index < -0.39 is 0 Å². The van der Waals surface area contributed by atoms with Crippen molar-refractivity contribution in [2.45, 2.75) is 6.54 Å². The molecule has 0 aliphatic carbocycles. The summed E-state index contributed by atoms with van der Waals surface area (Å²) in [7, 11) is 3.56. The highest BCUT2D eigenvalue weighted by molar-refractivity contribution is 5.96. The zero-order chi connectivity index (χ0) is 14.1. The van der Waals surface area contributed by atoms with Crippen LogP contribution in [0.4, 0.5) is 5.82 Å². The molecular formula is C14H17N5O. The Balaban J connectivity index is 2.20. The van der Waals surface area contributed by atoms with Crippen molar-refractivity contribution in [2.75, 3.05) is 26.4 Å². The van der Waals surface area contributed by atoms with E-state index in [9.17, 15) is 0 Å². The molecule has 0 aliphatic rings. The van der Waals surface area contributed by atoms with Gasteiger partial charge in [-0.1, -0.05) is 0 Å². The van der Waals surface area contributed by atoms with Crippen LogP contribution in [0.15, 0.2) is 24.3 Å². The molecule has 0 amide bonds. The quantitative estimate of drug-likeness (QED) is 0.750. The predicted octanol–water partition coefficient (Wildman–Crippen LogP) is 1.39. The molecule has 0 aliphatic heterocycles. The van der Waals surface area contributed by atoms with Crippen molar-refractivity contribution in [1.29, 1.82) is 0 Å². The number of hydrogen-bond donors (Lipinski definition) is 2. The van der Waals surface area contributed by atoms with Crippen LogP contribution in [0.1, 0.15) is 0 Å². The largest absolute Gasteiger partial charge is 0.497 e. The summed E-state index contributed by atoms with van der Waals surface area (Å²) in [5.41, 5.74) is 7.71. The second kappa shape index (κ2) is 4.97. The van der Waals surface area contributed by atoms with Crippen LogP contribution in [0.2, 0.25) is 0 Å². The number of hydrogen-bond acceptors (Lipinski definition) is 5. The Hall–Kier alpha value is -2.34. The lowest BCUT2D eigenvalue weighted by Gasteiger charge is -2.04. The smallest absolute Gasteiger partial charge is 0.160 e. The Morgan fingerprint density at radius 2 is 2.20 bits per heavy atom. The van der Waals surface area contributed by atoms with Gasteiger partial charge in [0.25, 0.3) is 0 Å². The summed E-state index contributed by atoms with van der Waals surface area (Å²) in [6.07, 6.45) is 0. The number of likely N-dealkylation sites (N-methyl/N-ethyl adjacent to an activating group) is 1. The average molecular weight is 271 g/mol. The zero-order valence-corrected chi connectivity index (χ0v) is 11.6. The van der Waals surface area contributed by atoms with E-state index >= 15 is 0 Å². The first-order valence-corrected chi connectivity index (χ1v) is 6.48. The fourth-order valence-electron chi connectivity index (χ4n) is 2.26. The van der Waals surface area contributed by atoms with Gasteiger partial charge in [0.15, 0.2) is 11.5 Å². The van der Waals surface area contributed by atoms with Gasteiger partial charge in [0.1, 0.15) is 5.75 Å². The third-order valence-electron chi connectivity index (χ3n) is 3.32. The van der Waals surface area contributed by atoms with Gasteiger partial charge >= 0.3 is 0 Å². The molecule has 0 radical (unpaired) electrons. The van der Waals surface area contributed by atoms with Crippen LogP contribution in [-0.4, -0.2) is 35.5 Å². The van der Waals surface area contributed by atoms with Crippen molar-refractivity contribution in [1.82, 2.24) is 20.1 Å². The summed E-state index contributed by atoms with van der Waals surface area (Å²) in [6.45, 7) is 1.55. The fraction of sp³-hybridized carbons (Fsp3) is 0.286. The molecular weight excluding hydrogens is 254 g/mol. The van der Waals surface area contributed by atoms with Crippen molar-refractivity contribution in [3.63, 3.8) is 0 Å². The second-order valence-corrected chi connectivity index (χ2v) is 4.63. The SMILES string of the molecule is CNCCn1nc(N)c2cc3cc(OC)ccc3nc21. The highest BCUT2D eigenvalue weighted by Gasteiger charge is 2.11. The van der Waals surface area contributed by atoms with Gasteiger partial charge in [0, 0.05) is 11.9 Å². The van der Waals surface area contributed by atoms with Gasteiger partial charge in [-0.2, -0.15) is 5.10 Å². The topological polar surface area (TPSA) is 78.0 Å². The number of pyridine rings is 1. The van der Waals surface area contributed by atoms with E-state index in [1.165, 1.54) is 0 Å². The molecule has 104 valence electrons.